The predicted molar refractivity (Wildman–Crippen MR) is 72.6 cm³/mol. The number of esters is 3. The zero-order valence-electron chi connectivity index (χ0n) is 13.4. The smallest absolute Gasteiger partial charge is 0.339 e. The molecule has 1 saturated heterocycles. The molecule has 1 fully saturated rings. The Morgan fingerprint density at radius 2 is 1.59 bits per heavy atom. The Kier molecular flexibility index (Phi) is 6.76. The molecule has 8 heteroatoms. The lowest BCUT2D eigenvalue weighted by Gasteiger charge is -2.42. The molecule has 1 aliphatic heterocycles. The van der Waals surface area contributed by atoms with Gasteiger partial charge in [-0.3, -0.25) is 9.59 Å². The summed E-state index contributed by atoms with van der Waals surface area (Å²) in [5.41, 5.74) is 0. The van der Waals surface area contributed by atoms with Crippen molar-refractivity contribution in [2.24, 2.45) is 5.92 Å². The van der Waals surface area contributed by atoms with Gasteiger partial charge in [0.1, 0.15) is 6.10 Å². The number of hydrogen-bond donors (Lipinski definition) is 0. The maximum Gasteiger partial charge on any atom is 0.339 e. The highest BCUT2D eigenvalue weighted by Gasteiger charge is 2.51. The maximum absolute atomic E-state index is 11.9. The molecule has 0 amide bonds. The summed E-state index contributed by atoms with van der Waals surface area (Å²) >= 11 is 0. The first kappa shape index (κ1) is 18.4. The van der Waals surface area contributed by atoms with Crippen molar-refractivity contribution in [2.45, 2.75) is 52.3 Å². The Balaban J connectivity index is 3.07. The first-order chi connectivity index (χ1) is 10.3. The molecule has 0 aromatic rings. The van der Waals surface area contributed by atoms with E-state index < -0.39 is 48.4 Å². The van der Waals surface area contributed by atoms with Gasteiger partial charge in [0.15, 0.2) is 18.5 Å². The normalized spacial score (nSPS) is 31.2. The first-order valence-corrected chi connectivity index (χ1v) is 7.01. The molecule has 0 saturated carbocycles. The van der Waals surface area contributed by atoms with Crippen molar-refractivity contribution in [1.82, 2.24) is 0 Å². The summed E-state index contributed by atoms with van der Waals surface area (Å²) in [4.78, 5) is 34.4. The molecule has 0 aromatic heterocycles. The molecule has 126 valence electrons. The van der Waals surface area contributed by atoms with Gasteiger partial charge in [0.05, 0.1) is 7.11 Å². The van der Waals surface area contributed by atoms with Gasteiger partial charge in [0, 0.05) is 26.4 Å². The second kappa shape index (κ2) is 8.09. The van der Waals surface area contributed by atoms with Crippen LogP contribution < -0.4 is 0 Å². The molecule has 5 atom stereocenters. The number of ether oxygens (including phenoxy) is 5. The van der Waals surface area contributed by atoms with Gasteiger partial charge in [0.2, 0.25) is 0 Å². The molecule has 1 rings (SSSR count). The van der Waals surface area contributed by atoms with Gasteiger partial charge in [-0.25, -0.2) is 4.79 Å². The fourth-order valence-electron chi connectivity index (χ4n) is 2.33. The van der Waals surface area contributed by atoms with Crippen molar-refractivity contribution in [2.75, 3.05) is 13.7 Å². The van der Waals surface area contributed by atoms with Crippen LogP contribution in [0.4, 0.5) is 0 Å². The van der Waals surface area contributed by atoms with Crippen LogP contribution in [0.3, 0.4) is 0 Å². The Morgan fingerprint density at radius 3 is 2.05 bits per heavy atom. The van der Waals surface area contributed by atoms with Crippen LogP contribution in [0.1, 0.15) is 27.7 Å². The van der Waals surface area contributed by atoms with Gasteiger partial charge in [-0.2, -0.15) is 0 Å². The number of carbonyl (C=O) groups excluding carboxylic acids is 3. The van der Waals surface area contributed by atoms with Crippen LogP contribution in [0.25, 0.3) is 0 Å². The molecule has 0 aromatic carbocycles. The van der Waals surface area contributed by atoms with Crippen LogP contribution in [-0.2, 0) is 38.1 Å². The molecule has 2 unspecified atom stereocenters. The second-order valence-electron chi connectivity index (χ2n) is 4.91. The third-order valence-corrected chi connectivity index (χ3v) is 3.25. The van der Waals surface area contributed by atoms with E-state index in [0.717, 1.165) is 0 Å². The lowest BCUT2D eigenvalue weighted by Crippen LogP contribution is -2.59. The fraction of sp³-hybridized carbons (Fsp3) is 0.786. The van der Waals surface area contributed by atoms with Crippen molar-refractivity contribution in [3.8, 4) is 0 Å². The molecular weight excluding hydrogens is 296 g/mol. The molecule has 0 N–H and O–H groups in total. The van der Waals surface area contributed by atoms with E-state index >= 15 is 0 Å². The highest BCUT2D eigenvalue weighted by Crippen LogP contribution is 2.31. The largest absolute Gasteiger partial charge is 0.467 e. The standard InChI is InChI=1S/C14H22O8/c1-6-19-14-11(21-9(4)16)7(2)10(20-8(3)15)12(22-14)13(17)18-5/h7,10-12,14H,6H2,1-5H3/t7-,10+,11?,12?,14-/m0/s1. The Labute approximate surface area is 129 Å². The van der Waals surface area contributed by atoms with E-state index in [0.29, 0.717) is 6.61 Å². The van der Waals surface area contributed by atoms with Gasteiger partial charge < -0.3 is 23.7 Å². The predicted octanol–water partition coefficient (Wildman–Crippen LogP) is 0.420. The van der Waals surface area contributed by atoms with Gasteiger partial charge in [0.25, 0.3) is 0 Å². The minimum absolute atomic E-state index is 0.293. The van der Waals surface area contributed by atoms with E-state index in [1.54, 1.807) is 13.8 Å². The van der Waals surface area contributed by atoms with Gasteiger partial charge >= 0.3 is 17.9 Å². The Hall–Kier alpha value is -1.67. The summed E-state index contributed by atoms with van der Waals surface area (Å²) in [5, 5.41) is 0. The topological polar surface area (TPSA) is 97.4 Å². The van der Waals surface area contributed by atoms with Crippen molar-refractivity contribution in [3.63, 3.8) is 0 Å². The van der Waals surface area contributed by atoms with Crippen LogP contribution in [0, 0.1) is 5.92 Å². The maximum atomic E-state index is 11.9. The fourth-order valence-corrected chi connectivity index (χ4v) is 2.33. The van der Waals surface area contributed by atoms with Crippen LogP contribution in [0.15, 0.2) is 0 Å². The van der Waals surface area contributed by atoms with Gasteiger partial charge in [-0.1, -0.05) is 6.92 Å². The van der Waals surface area contributed by atoms with E-state index in [-0.39, 0.29) is 0 Å². The number of methoxy groups -OCH3 is 1. The third kappa shape index (κ3) is 4.41. The molecule has 22 heavy (non-hydrogen) atoms. The lowest BCUT2D eigenvalue weighted by atomic mass is 9.90. The summed E-state index contributed by atoms with van der Waals surface area (Å²) in [5.74, 6) is -2.31. The highest BCUT2D eigenvalue weighted by molar-refractivity contribution is 5.76. The Bertz CT molecular complexity index is 421. The Morgan fingerprint density at radius 1 is 1.05 bits per heavy atom. The number of rotatable bonds is 5. The summed E-state index contributed by atoms with van der Waals surface area (Å²) in [6, 6.07) is 0. The summed E-state index contributed by atoms with van der Waals surface area (Å²) < 4.78 is 26.0. The van der Waals surface area contributed by atoms with E-state index in [9.17, 15) is 14.4 Å². The van der Waals surface area contributed by atoms with Gasteiger partial charge in [-0.05, 0) is 6.92 Å². The van der Waals surface area contributed by atoms with Crippen LogP contribution in [0.2, 0.25) is 0 Å². The molecule has 8 nitrogen and oxygen atoms in total. The zero-order chi connectivity index (χ0) is 16.9. The van der Waals surface area contributed by atoms with Crippen molar-refractivity contribution < 1.29 is 38.1 Å². The van der Waals surface area contributed by atoms with E-state index in [1.807, 2.05) is 0 Å². The lowest BCUT2D eigenvalue weighted by molar-refractivity contribution is -0.286. The molecule has 0 aliphatic carbocycles. The number of hydrogen-bond acceptors (Lipinski definition) is 8. The molecule has 1 aliphatic rings. The van der Waals surface area contributed by atoms with E-state index in [2.05, 4.69) is 4.74 Å². The van der Waals surface area contributed by atoms with Crippen molar-refractivity contribution in [1.29, 1.82) is 0 Å². The summed E-state index contributed by atoms with van der Waals surface area (Å²) in [6.45, 7) is 6.19. The minimum Gasteiger partial charge on any atom is -0.467 e. The molecule has 0 bridgehead atoms. The minimum atomic E-state index is -1.15. The highest BCUT2D eigenvalue weighted by atomic mass is 16.7. The monoisotopic (exact) mass is 318 g/mol. The second-order valence-corrected chi connectivity index (χ2v) is 4.91. The van der Waals surface area contributed by atoms with Crippen LogP contribution in [0.5, 0.6) is 0 Å². The van der Waals surface area contributed by atoms with E-state index in [4.69, 9.17) is 18.9 Å². The van der Waals surface area contributed by atoms with Crippen LogP contribution >= 0.6 is 0 Å². The third-order valence-electron chi connectivity index (χ3n) is 3.25. The van der Waals surface area contributed by atoms with E-state index in [1.165, 1.54) is 21.0 Å². The van der Waals surface area contributed by atoms with Crippen LogP contribution in [-0.4, -0.2) is 56.2 Å². The molecule has 1 heterocycles. The van der Waals surface area contributed by atoms with Gasteiger partial charge in [-0.15, -0.1) is 0 Å². The summed E-state index contributed by atoms with van der Waals surface area (Å²) in [6.07, 6.45) is -3.83. The molecule has 0 spiro atoms. The molecular formula is C14H22O8. The average molecular weight is 318 g/mol. The summed E-state index contributed by atoms with van der Waals surface area (Å²) in [7, 11) is 1.20. The number of carbonyl (C=O) groups is 3. The zero-order valence-corrected chi connectivity index (χ0v) is 13.4. The van der Waals surface area contributed by atoms with Crippen molar-refractivity contribution >= 4 is 17.9 Å². The van der Waals surface area contributed by atoms with Crippen molar-refractivity contribution in [3.05, 3.63) is 0 Å². The quantitative estimate of drug-likeness (QED) is 0.531. The average Bonchev–Trinajstić information content (AvgIpc) is 2.44. The SMILES string of the molecule is CCO[C@H]1OC(C(=O)OC)[C@H](OC(C)=O)[C@H](C)C1OC(C)=O. The first-order valence-electron chi connectivity index (χ1n) is 7.01. The molecule has 0 radical (unpaired) electrons.